The first kappa shape index (κ1) is 26.2. The number of allylic oxidation sites excluding steroid dienone is 1. The molecule has 38 heavy (non-hydrogen) atoms. The number of amides is 2. The summed E-state index contributed by atoms with van der Waals surface area (Å²) in [5.74, 6) is -0.235. The van der Waals surface area contributed by atoms with Gasteiger partial charge in [-0.3, -0.25) is 4.68 Å². The molecule has 11 heteroatoms. The number of rotatable bonds is 6. The third-order valence-electron chi connectivity index (χ3n) is 7.03. The first-order valence-corrected chi connectivity index (χ1v) is 14.5. The molecule has 1 aromatic heterocycles. The average molecular weight is 558 g/mol. The summed E-state index contributed by atoms with van der Waals surface area (Å²) >= 11 is 5.81. The molecule has 5 rings (SSSR count). The summed E-state index contributed by atoms with van der Waals surface area (Å²) in [6.45, 7) is 1.90. The van der Waals surface area contributed by atoms with E-state index in [0.29, 0.717) is 5.02 Å². The van der Waals surface area contributed by atoms with E-state index < -0.39 is 16.1 Å². The van der Waals surface area contributed by atoms with Gasteiger partial charge in [-0.2, -0.15) is 5.10 Å². The van der Waals surface area contributed by atoms with Crippen LogP contribution in [-0.2, 0) is 16.4 Å². The molecular weight excluding hydrogens is 529 g/mol. The second-order valence-electron chi connectivity index (χ2n) is 9.51. The molecule has 1 aliphatic heterocycles. The molecule has 0 bridgehead atoms. The summed E-state index contributed by atoms with van der Waals surface area (Å²) in [4.78, 5) is 14.5. The van der Waals surface area contributed by atoms with Crippen molar-refractivity contribution in [3.05, 3.63) is 82.9 Å². The number of sulfonamides is 1. The van der Waals surface area contributed by atoms with E-state index in [4.69, 9.17) is 16.7 Å². The monoisotopic (exact) mass is 557 g/mol. The van der Waals surface area contributed by atoms with Crippen molar-refractivity contribution in [1.82, 2.24) is 19.8 Å². The molecule has 3 aromatic rings. The van der Waals surface area contributed by atoms with Crippen molar-refractivity contribution in [2.75, 3.05) is 24.5 Å². The van der Waals surface area contributed by atoms with Gasteiger partial charge in [0.25, 0.3) is 10.0 Å². The highest BCUT2D eigenvalue weighted by Gasteiger charge is 2.27. The highest BCUT2D eigenvalue weighted by molar-refractivity contribution is 7.90. The van der Waals surface area contributed by atoms with Gasteiger partial charge in [0.15, 0.2) is 0 Å². The van der Waals surface area contributed by atoms with Crippen molar-refractivity contribution >= 4 is 38.9 Å². The van der Waals surface area contributed by atoms with Gasteiger partial charge >= 0.3 is 6.03 Å². The lowest BCUT2D eigenvalue weighted by atomic mass is 9.92. The van der Waals surface area contributed by atoms with Gasteiger partial charge in [-0.05, 0) is 91.8 Å². The van der Waals surface area contributed by atoms with Crippen LogP contribution in [0.5, 0.6) is 0 Å². The van der Waals surface area contributed by atoms with Gasteiger partial charge in [-0.15, -0.1) is 0 Å². The zero-order valence-corrected chi connectivity index (χ0v) is 22.3. The second kappa shape index (κ2) is 11.2. The van der Waals surface area contributed by atoms with Crippen molar-refractivity contribution < 1.29 is 17.6 Å². The Morgan fingerprint density at radius 1 is 1.08 bits per heavy atom. The number of hydrogen-bond donors (Lipinski definition) is 2. The van der Waals surface area contributed by atoms with Crippen molar-refractivity contribution in [3.63, 3.8) is 0 Å². The topological polar surface area (TPSA) is 96.3 Å². The van der Waals surface area contributed by atoms with Crippen molar-refractivity contribution in [2.45, 2.75) is 43.0 Å². The predicted molar refractivity (Wildman–Crippen MR) is 145 cm³/mol. The maximum Gasteiger partial charge on any atom is 0.328 e. The molecule has 2 aromatic carbocycles. The lowest BCUT2D eigenvalue weighted by Crippen LogP contribution is -2.39. The molecule has 200 valence electrons. The zero-order valence-electron chi connectivity index (χ0n) is 20.7. The van der Waals surface area contributed by atoms with Crippen LogP contribution in [0.15, 0.2) is 65.7 Å². The maximum absolute atomic E-state index is 13.3. The number of aryl methyl sites for hydroxylation is 1. The number of carbonyl (C=O) groups excluding carboxylic acids is 1. The predicted octanol–water partition coefficient (Wildman–Crippen LogP) is 4.92. The van der Waals surface area contributed by atoms with Crippen molar-refractivity contribution in [2.24, 2.45) is 0 Å². The number of hydrogen-bond acceptors (Lipinski definition) is 5. The number of piperidine rings is 1. The lowest BCUT2D eigenvalue weighted by Gasteiger charge is -2.35. The van der Waals surface area contributed by atoms with Gasteiger partial charge in [-0.25, -0.2) is 22.3 Å². The van der Waals surface area contributed by atoms with Gasteiger partial charge in [-0.1, -0.05) is 17.7 Å². The van der Waals surface area contributed by atoms with Crippen LogP contribution < -0.4 is 14.9 Å². The van der Waals surface area contributed by atoms with Crippen LogP contribution in [0.1, 0.15) is 43.0 Å². The Balaban J connectivity index is 1.22. The van der Waals surface area contributed by atoms with Crippen LogP contribution >= 0.6 is 11.6 Å². The van der Waals surface area contributed by atoms with Gasteiger partial charge in [0.05, 0.1) is 22.8 Å². The number of urea groups is 1. The molecule has 0 spiro atoms. The molecule has 2 aliphatic rings. The average Bonchev–Trinajstić information content (AvgIpc) is 3.34. The van der Waals surface area contributed by atoms with E-state index in [1.807, 2.05) is 29.1 Å². The third-order valence-corrected chi connectivity index (χ3v) is 8.63. The van der Waals surface area contributed by atoms with E-state index in [2.05, 4.69) is 14.9 Å². The minimum atomic E-state index is -4.00. The molecular formula is C27H29ClFN5O3S. The van der Waals surface area contributed by atoms with Crippen molar-refractivity contribution in [3.8, 4) is 0 Å². The zero-order chi connectivity index (χ0) is 26.7. The van der Waals surface area contributed by atoms with Crippen LogP contribution in [0, 0.1) is 5.82 Å². The number of carbonyl (C=O) groups is 1. The molecule has 0 unspecified atom stereocenters. The summed E-state index contributed by atoms with van der Waals surface area (Å²) in [6.07, 6.45) is 8.52. The first-order valence-electron chi connectivity index (χ1n) is 12.6. The normalized spacial score (nSPS) is 17.3. The fraction of sp³-hybridized carbons (Fsp3) is 0.333. The molecule has 2 N–H and O–H groups in total. The Morgan fingerprint density at radius 3 is 2.50 bits per heavy atom. The summed E-state index contributed by atoms with van der Waals surface area (Å²) < 4.78 is 42.3. The smallest absolute Gasteiger partial charge is 0.328 e. The standard InChI is InChI=1S/C27H29ClFN5O3S/c28-21-4-10-25(11-5-21)38(36,37)32-27(35)30-15-12-19-2-1-3-20-18-31-34(26(19)20)24-13-16-33(17-14-24)23-8-6-22(29)7-9-23/h4-12,18,24H,1-3,13-17H2,(H2,30,32,35). The minimum Gasteiger partial charge on any atom is -0.371 e. The van der Waals surface area contributed by atoms with E-state index in [-0.39, 0.29) is 23.3 Å². The lowest BCUT2D eigenvalue weighted by molar-refractivity contribution is 0.247. The number of aromatic nitrogens is 2. The highest BCUT2D eigenvalue weighted by Crippen LogP contribution is 2.35. The summed E-state index contributed by atoms with van der Waals surface area (Å²) in [5.41, 5.74) is 4.42. The van der Waals surface area contributed by atoms with E-state index >= 15 is 0 Å². The number of benzene rings is 2. The first-order chi connectivity index (χ1) is 18.3. The Labute approximate surface area is 226 Å². The van der Waals surface area contributed by atoms with E-state index in [0.717, 1.165) is 62.1 Å². The molecule has 0 radical (unpaired) electrons. The molecule has 1 saturated heterocycles. The van der Waals surface area contributed by atoms with E-state index in [1.165, 1.54) is 42.0 Å². The minimum absolute atomic E-state index is 0.0401. The maximum atomic E-state index is 13.3. The molecule has 8 nitrogen and oxygen atoms in total. The van der Waals surface area contributed by atoms with Crippen LogP contribution in [-0.4, -0.2) is 43.9 Å². The number of nitrogens with zero attached hydrogens (tertiary/aromatic N) is 3. The second-order valence-corrected chi connectivity index (χ2v) is 11.6. The number of anilines is 1. The van der Waals surface area contributed by atoms with Gasteiger partial charge in [0.2, 0.25) is 0 Å². The largest absolute Gasteiger partial charge is 0.371 e. The highest BCUT2D eigenvalue weighted by atomic mass is 35.5. The molecule has 0 atom stereocenters. The summed E-state index contributed by atoms with van der Waals surface area (Å²) in [5, 5.41) is 7.76. The van der Waals surface area contributed by atoms with E-state index in [9.17, 15) is 17.6 Å². The quantitative estimate of drug-likeness (QED) is 0.448. The Hall–Kier alpha value is -3.37. The molecule has 2 amide bonds. The SMILES string of the molecule is O=C(NCC=C1CCCc2cnn(C3CCN(c4ccc(F)cc4)CC3)c21)NS(=O)(=O)c1ccc(Cl)cc1. The molecule has 1 fully saturated rings. The van der Waals surface area contributed by atoms with Crippen LogP contribution in [0.4, 0.5) is 14.9 Å². The molecule has 2 heterocycles. The van der Waals surface area contributed by atoms with Crippen molar-refractivity contribution in [1.29, 1.82) is 0 Å². The number of nitrogens with one attached hydrogen (secondary N) is 2. The van der Waals surface area contributed by atoms with Gasteiger partial charge < -0.3 is 10.2 Å². The van der Waals surface area contributed by atoms with Gasteiger partial charge in [0, 0.05) is 30.3 Å². The number of fused-ring (bicyclic) bond motifs is 1. The fourth-order valence-electron chi connectivity index (χ4n) is 5.12. The summed E-state index contributed by atoms with van der Waals surface area (Å²) in [6, 6.07) is 11.7. The van der Waals surface area contributed by atoms with Gasteiger partial charge in [0.1, 0.15) is 5.82 Å². The number of halogens is 2. The van der Waals surface area contributed by atoms with Crippen LogP contribution in [0.3, 0.4) is 0 Å². The Kier molecular flexibility index (Phi) is 7.71. The Morgan fingerprint density at radius 2 is 1.79 bits per heavy atom. The molecule has 1 aliphatic carbocycles. The van der Waals surface area contributed by atoms with Crippen LogP contribution in [0.25, 0.3) is 5.57 Å². The molecule has 0 saturated carbocycles. The third kappa shape index (κ3) is 5.86. The van der Waals surface area contributed by atoms with Crippen LogP contribution in [0.2, 0.25) is 5.02 Å². The van der Waals surface area contributed by atoms with E-state index in [1.54, 1.807) is 0 Å². The fourth-order valence-corrected chi connectivity index (χ4v) is 6.17. The summed E-state index contributed by atoms with van der Waals surface area (Å²) in [7, 11) is -4.00. The Bertz CT molecular complexity index is 1430.